The Kier molecular flexibility index (Phi) is 6.71. The Morgan fingerprint density at radius 3 is 2.28 bits per heavy atom. The third kappa shape index (κ3) is 4.98. The number of thiophene rings is 1. The molecule has 0 bridgehead atoms. The first-order chi connectivity index (χ1) is 15.9. The Morgan fingerprint density at radius 1 is 0.750 bits per heavy atom. The van der Waals surface area contributed by atoms with Crippen molar-refractivity contribution < 1.29 is 9.47 Å². The second kappa shape index (κ2) is 10.2. The van der Waals surface area contributed by atoms with Crippen LogP contribution >= 0.6 is 11.3 Å². The summed E-state index contributed by atoms with van der Waals surface area (Å²) in [5, 5.41) is 1.15. The Balaban J connectivity index is 1.25. The first-order valence-electron chi connectivity index (χ1n) is 11.6. The van der Waals surface area contributed by atoms with Gasteiger partial charge in [-0.25, -0.2) is 0 Å². The van der Waals surface area contributed by atoms with Crippen LogP contribution in [0.5, 0.6) is 17.2 Å². The van der Waals surface area contributed by atoms with Crippen LogP contribution in [0.15, 0.2) is 78.9 Å². The molecule has 1 saturated heterocycles. The molecular weight excluding hydrogens is 414 g/mol. The van der Waals surface area contributed by atoms with Crippen LogP contribution in [0, 0.1) is 0 Å². The minimum absolute atomic E-state index is 0.754. The Morgan fingerprint density at radius 2 is 1.47 bits per heavy atom. The molecule has 1 aromatic heterocycles. The largest absolute Gasteiger partial charge is 0.494 e. The van der Waals surface area contributed by atoms with Gasteiger partial charge in [-0.05, 0) is 74.3 Å². The summed E-state index contributed by atoms with van der Waals surface area (Å²) in [6.07, 6.45) is 5.14. The van der Waals surface area contributed by atoms with Crippen molar-refractivity contribution in [2.75, 3.05) is 26.2 Å². The van der Waals surface area contributed by atoms with E-state index in [1.54, 1.807) is 11.3 Å². The van der Waals surface area contributed by atoms with Gasteiger partial charge in [-0.1, -0.05) is 48.9 Å². The average Bonchev–Trinajstić information content (AvgIpc) is 3.22. The SMILES string of the molecule is c1ccc(-c2sc3ccccc3c2Oc2ccc(OCCCN3CCCCC3)cc2)cc1. The molecule has 0 spiro atoms. The standard InChI is InChI=1S/C28H29NO2S/c1-3-10-22(11-4-1)28-27(25-12-5-6-13-26(25)32-28)31-24-16-14-23(15-17-24)30-21-9-20-29-18-7-2-8-19-29/h1,3-6,10-17H,2,7-9,18-21H2. The summed E-state index contributed by atoms with van der Waals surface area (Å²) < 4.78 is 13.6. The van der Waals surface area contributed by atoms with E-state index in [4.69, 9.17) is 9.47 Å². The van der Waals surface area contributed by atoms with E-state index in [9.17, 15) is 0 Å². The van der Waals surface area contributed by atoms with Crippen molar-refractivity contribution in [3.63, 3.8) is 0 Å². The third-order valence-corrected chi connectivity index (χ3v) is 7.17. The van der Waals surface area contributed by atoms with Gasteiger partial charge in [-0.2, -0.15) is 0 Å². The Labute approximate surface area is 194 Å². The second-order valence-corrected chi connectivity index (χ2v) is 9.35. The number of rotatable bonds is 8. The van der Waals surface area contributed by atoms with Gasteiger partial charge in [0.1, 0.15) is 11.5 Å². The van der Waals surface area contributed by atoms with E-state index < -0.39 is 0 Å². The molecule has 1 aliphatic heterocycles. The molecule has 1 fully saturated rings. The van der Waals surface area contributed by atoms with E-state index in [-0.39, 0.29) is 0 Å². The molecular formula is C28H29NO2S. The molecule has 32 heavy (non-hydrogen) atoms. The van der Waals surface area contributed by atoms with Gasteiger partial charge in [0.15, 0.2) is 5.75 Å². The van der Waals surface area contributed by atoms with E-state index in [2.05, 4.69) is 53.4 Å². The molecule has 2 heterocycles. The second-order valence-electron chi connectivity index (χ2n) is 8.30. The minimum atomic E-state index is 0.754. The van der Waals surface area contributed by atoms with Gasteiger partial charge in [0.05, 0.1) is 11.5 Å². The van der Waals surface area contributed by atoms with E-state index >= 15 is 0 Å². The van der Waals surface area contributed by atoms with Gasteiger partial charge in [0.25, 0.3) is 0 Å². The van der Waals surface area contributed by atoms with E-state index in [0.717, 1.165) is 47.1 Å². The van der Waals surface area contributed by atoms with Gasteiger partial charge in [-0.3, -0.25) is 0 Å². The maximum Gasteiger partial charge on any atom is 0.153 e. The number of benzene rings is 3. The highest BCUT2D eigenvalue weighted by atomic mass is 32.1. The highest BCUT2D eigenvalue weighted by Gasteiger charge is 2.16. The lowest BCUT2D eigenvalue weighted by Crippen LogP contribution is -2.31. The minimum Gasteiger partial charge on any atom is -0.494 e. The Bertz CT molecular complexity index is 1130. The third-order valence-electron chi connectivity index (χ3n) is 5.97. The van der Waals surface area contributed by atoms with Crippen LogP contribution in [-0.2, 0) is 0 Å². The number of hydrogen-bond acceptors (Lipinski definition) is 4. The highest BCUT2D eigenvalue weighted by Crippen LogP contribution is 2.46. The first kappa shape index (κ1) is 21.0. The van der Waals surface area contributed by atoms with Crippen LogP contribution in [0.3, 0.4) is 0 Å². The van der Waals surface area contributed by atoms with Gasteiger partial charge < -0.3 is 14.4 Å². The van der Waals surface area contributed by atoms with Crippen molar-refractivity contribution in [1.82, 2.24) is 4.90 Å². The van der Waals surface area contributed by atoms with Crippen molar-refractivity contribution in [1.29, 1.82) is 0 Å². The Hall–Kier alpha value is -2.82. The van der Waals surface area contributed by atoms with E-state index in [1.165, 1.54) is 42.6 Å². The smallest absolute Gasteiger partial charge is 0.153 e. The number of fused-ring (bicyclic) bond motifs is 1. The van der Waals surface area contributed by atoms with E-state index in [0.29, 0.717) is 0 Å². The first-order valence-corrected chi connectivity index (χ1v) is 12.4. The van der Waals surface area contributed by atoms with Crippen molar-refractivity contribution in [3.05, 3.63) is 78.9 Å². The summed E-state index contributed by atoms with van der Waals surface area (Å²) in [6, 6.07) is 26.9. The molecule has 0 atom stereocenters. The molecule has 1 aliphatic rings. The topological polar surface area (TPSA) is 21.7 Å². The molecule has 164 valence electrons. The normalized spacial score (nSPS) is 14.5. The van der Waals surface area contributed by atoms with Gasteiger partial charge in [0, 0.05) is 16.6 Å². The zero-order valence-electron chi connectivity index (χ0n) is 18.3. The summed E-state index contributed by atoms with van der Waals surface area (Å²) in [4.78, 5) is 3.71. The predicted molar refractivity (Wildman–Crippen MR) is 134 cm³/mol. The molecule has 5 rings (SSSR count). The summed E-state index contributed by atoms with van der Waals surface area (Å²) in [5.41, 5.74) is 1.18. The zero-order valence-corrected chi connectivity index (χ0v) is 19.2. The summed E-state index contributed by atoms with van der Waals surface area (Å²) in [6.45, 7) is 4.38. The molecule has 0 aliphatic carbocycles. The molecule has 0 radical (unpaired) electrons. The molecule has 4 aromatic rings. The van der Waals surface area contributed by atoms with Crippen molar-refractivity contribution in [3.8, 4) is 27.7 Å². The molecule has 3 aromatic carbocycles. The van der Waals surface area contributed by atoms with Crippen LogP contribution < -0.4 is 9.47 Å². The lowest BCUT2D eigenvalue weighted by molar-refractivity contribution is 0.205. The van der Waals surface area contributed by atoms with Gasteiger partial charge >= 0.3 is 0 Å². The number of nitrogens with zero attached hydrogens (tertiary/aromatic N) is 1. The summed E-state index contributed by atoms with van der Waals surface area (Å²) in [7, 11) is 0. The van der Waals surface area contributed by atoms with Crippen molar-refractivity contribution >= 4 is 21.4 Å². The summed E-state index contributed by atoms with van der Waals surface area (Å²) >= 11 is 1.77. The lowest BCUT2D eigenvalue weighted by Gasteiger charge is -2.26. The lowest BCUT2D eigenvalue weighted by atomic mass is 10.1. The van der Waals surface area contributed by atoms with Crippen LogP contribution in [-0.4, -0.2) is 31.1 Å². The molecule has 4 heteroatoms. The van der Waals surface area contributed by atoms with Crippen LogP contribution in [0.2, 0.25) is 0 Å². The predicted octanol–water partition coefficient (Wildman–Crippen LogP) is 7.62. The van der Waals surface area contributed by atoms with Gasteiger partial charge in [0.2, 0.25) is 0 Å². The summed E-state index contributed by atoms with van der Waals surface area (Å²) in [5.74, 6) is 2.65. The monoisotopic (exact) mass is 443 g/mol. The average molecular weight is 444 g/mol. The fraction of sp³-hybridized carbons (Fsp3) is 0.286. The van der Waals surface area contributed by atoms with Gasteiger partial charge in [-0.15, -0.1) is 11.3 Å². The molecule has 3 nitrogen and oxygen atoms in total. The van der Waals surface area contributed by atoms with Crippen LogP contribution in [0.25, 0.3) is 20.5 Å². The maximum atomic E-state index is 6.43. The number of hydrogen-bond donors (Lipinski definition) is 0. The fourth-order valence-corrected chi connectivity index (χ4v) is 5.42. The molecule has 0 saturated carbocycles. The van der Waals surface area contributed by atoms with E-state index in [1.807, 2.05) is 30.3 Å². The molecule has 0 N–H and O–H groups in total. The molecule has 0 amide bonds. The highest BCUT2D eigenvalue weighted by molar-refractivity contribution is 7.22. The number of likely N-dealkylation sites (tertiary alicyclic amines) is 1. The van der Waals surface area contributed by atoms with Crippen LogP contribution in [0.1, 0.15) is 25.7 Å². The maximum absolute atomic E-state index is 6.43. The number of ether oxygens (including phenoxy) is 2. The fourth-order valence-electron chi connectivity index (χ4n) is 4.29. The molecule has 0 unspecified atom stereocenters. The quantitative estimate of drug-likeness (QED) is 0.262. The van der Waals surface area contributed by atoms with Crippen LogP contribution in [0.4, 0.5) is 0 Å². The van der Waals surface area contributed by atoms with Crippen molar-refractivity contribution in [2.45, 2.75) is 25.7 Å². The van der Waals surface area contributed by atoms with Crippen molar-refractivity contribution in [2.24, 2.45) is 0 Å². The number of piperidine rings is 1. The zero-order chi connectivity index (χ0) is 21.6.